The van der Waals surface area contributed by atoms with Crippen molar-refractivity contribution in [2.75, 3.05) is 42.1 Å². The van der Waals surface area contributed by atoms with E-state index < -0.39 is 0 Å². The summed E-state index contributed by atoms with van der Waals surface area (Å²) in [4.78, 5) is 29.1. The Labute approximate surface area is 195 Å². The fourth-order valence-corrected chi connectivity index (χ4v) is 5.31. The number of para-hydroxylation sites is 1. The van der Waals surface area contributed by atoms with Gasteiger partial charge in [-0.2, -0.15) is 0 Å². The molecule has 166 valence electrons. The second-order valence-electron chi connectivity index (χ2n) is 7.71. The Morgan fingerprint density at radius 1 is 1.00 bits per heavy atom. The summed E-state index contributed by atoms with van der Waals surface area (Å²) in [6.45, 7) is 6.74. The number of nitrogens with zero attached hydrogens (tertiary/aromatic N) is 4. The van der Waals surface area contributed by atoms with Gasteiger partial charge in [-0.05, 0) is 38.1 Å². The van der Waals surface area contributed by atoms with Crippen LogP contribution in [0.5, 0.6) is 0 Å². The molecule has 0 aliphatic carbocycles. The largest absolute Gasteiger partial charge is 0.343 e. The zero-order valence-corrected chi connectivity index (χ0v) is 19.7. The van der Waals surface area contributed by atoms with Crippen molar-refractivity contribution in [3.8, 4) is 0 Å². The smallest absolute Gasteiger partial charge is 0.253 e. The number of hydrogen-bond donors (Lipinski definition) is 1. The van der Waals surface area contributed by atoms with Crippen molar-refractivity contribution in [2.24, 2.45) is 0 Å². The van der Waals surface area contributed by atoms with Gasteiger partial charge in [-0.3, -0.25) is 9.59 Å². The Kier molecular flexibility index (Phi) is 7.06. The Bertz CT molecular complexity index is 1070. The van der Waals surface area contributed by atoms with Crippen LogP contribution in [0.25, 0.3) is 0 Å². The monoisotopic (exact) mass is 467 g/mol. The second kappa shape index (κ2) is 10.1. The molecule has 1 aliphatic heterocycles. The van der Waals surface area contributed by atoms with Gasteiger partial charge < -0.3 is 15.1 Å². The minimum absolute atomic E-state index is 0.0727. The molecule has 1 aliphatic rings. The molecule has 1 saturated heterocycles. The Hall–Kier alpha value is -2.91. The highest BCUT2D eigenvalue weighted by molar-refractivity contribution is 8.01. The number of carbonyl (C=O) groups is 2. The summed E-state index contributed by atoms with van der Waals surface area (Å²) in [7, 11) is 0. The Morgan fingerprint density at radius 2 is 1.69 bits per heavy atom. The number of piperazine rings is 1. The molecule has 2 aromatic carbocycles. The van der Waals surface area contributed by atoms with Crippen LogP contribution in [-0.4, -0.2) is 58.8 Å². The quantitative estimate of drug-likeness (QED) is 0.555. The minimum atomic E-state index is -0.0727. The molecule has 32 heavy (non-hydrogen) atoms. The summed E-state index contributed by atoms with van der Waals surface area (Å²) < 4.78 is 0.761. The van der Waals surface area contributed by atoms with Crippen molar-refractivity contribution in [2.45, 2.75) is 18.2 Å². The minimum Gasteiger partial charge on any atom is -0.343 e. The van der Waals surface area contributed by atoms with Gasteiger partial charge in [-0.15, -0.1) is 10.2 Å². The van der Waals surface area contributed by atoms with Gasteiger partial charge in [0.05, 0.1) is 5.75 Å². The lowest BCUT2D eigenvalue weighted by Crippen LogP contribution is -2.48. The third-order valence-electron chi connectivity index (χ3n) is 5.09. The van der Waals surface area contributed by atoms with Crippen LogP contribution in [0.1, 0.15) is 21.5 Å². The number of amides is 2. The van der Waals surface area contributed by atoms with E-state index in [1.54, 1.807) is 0 Å². The van der Waals surface area contributed by atoms with Crippen LogP contribution in [0.2, 0.25) is 0 Å². The zero-order chi connectivity index (χ0) is 22.5. The van der Waals surface area contributed by atoms with Crippen LogP contribution in [0.4, 0.5) is 10.8 Å². The van der Waals surface area contributed by atoms with Gasteiger partial charge in [-0.25, -0.2) is 0 Å². The van der Waals surface area contributed by atoms with Gasteiger partial charge in [0.25, 0.3) is 5.91 Å². The number of anilines is 2. The number of thioether (sulfide) groups is 1. The number of aryl methyl sites for hydroxylation is 2. The van der Waals surface area contributed by atoms with Gasteiger partial charge in [-0.1, -0.05) is 58.5 Å². The number of nitrogens with one attached hydrogen (secondary N) is 1. The lowest BCUT2D eigenvalue weighted by atomic mass is 10.1. The van der Waals surface area contributed by atoms with Crippen LogP contribution in [-0.2, 0) is 4.79 Å². The number of carbonyl (C=O) groups excluding carboxylic acids is 2. The Balaban J connectivity index is 1.27. The summed E-state index contributed by atoms with van der Waals surface area (Å²) >= 11 is 2.86. The predicted octanol–water partition coefficient (Wildman–Crippen LogP) is 3.85. The van der Waals surface area contributed by atoms with Gasteiger partial charge in [0, 0.05) is 37.4 Å². The molecule has 0 saturated carbocycles. The van der Waals surface area contributed by atoms with Crippen LogP contribution in [0, 0.1) is 13.8 Å². The fourth-order valence-electron chi connectivity index (χ4n) is 3.62. The van der Waals surface area contributed by atoms with Crippen molar-refractivity contribution in [1.29, 1.82) is 0 Å². The molecule has 1 N–H and O–H groups in total. The molecular weight excluding hydrogens is 442 g/mol. The van der Waals surface area contributed by atoms with E-state index in [0.29, 0.717) is 26.2 Å². The number of hydrogen-bond acceptors (Lipinski definition) is 7. The van der Waals surface area contributed by atoms with Gasteiger partial charge in [0.2, 0.25) is 11.0 Å². The van der Waals surface area contributed by atoms with E-state index in [0.717, 1.165) is 31.8 Å². The van der Waals surface area contributed by atoms with Crippen molar-refractivity contribution < 1.29 is 9.59 Å². The van der Waals surface area contributed by atoms with Crippen LogP contribution < -0.4 is 10.2 Å². The lowest BCUT2D eigenvalue weighted by Gasteiger charge is -2.34. The maximum absolute atomic E-state index is 12.9. The standard InChI is InChI=1S/C23H25N5O2S2/c1-16-12-17(2)14-18(13-16)21(30)27-8-10-28(11-9-27)22-25-26-23(32-22)31-15-20(29)24-19-6-4-3-5-7-19/h3-7,12-14H,8-11,15H2,1-2H3,(H,24,29). The van der Waals surface area contributed by atoms with Gasteiger partial charge >= 0.3 is 0 Å². The molecular formula is C23H25N5O2S2. The second-order valence-corrected chi connectivity index (χ2v) is 9.89. The first-order valence-electron chi connectivity index (χ1n) is 10.4. The van der Waals surface area contributed by atoms with Crippen molar-refractivity contribution in [1.82, 2.24) is 15.1 Å². The van der Waals surface area contributed by atoms with E-state index in [-0.39, 0.29) is 17.6 Å². The van der Waals surface area contributed by atoms with Crippen molar-refractivity contribution >= 4 is 45.7 Å². The fraction of sp³-hybridized carbons (Fsp3) is 0.304. The molecule has 1 aromatic heterocycles. The van der Waals surface area contributed by atoms with E-state index in [1.165, 1.54) is 23.1 Å². The first-order chi connectivity index (χ1) is 15.5. The molecule has 4 rings (SSSR count). The molecule has 2 heterocycles. The summed E-state index contributed by atoms with van der Waals surface area (Å²) in [5.41, 5.74) is 3.73. The average Bonchev–Trinajstić information content (AvgIpc) is 3.26. The molecule has 9 heteroatoms. The average molecular weight is 468 g/mol. The maximum Gasteiger partial charge on any atom is 0.253 e. The molecule has 0 radical (unpaired) electrons. The summed E-state index contributed by atoms with van der Waals surface area (Å²) in [5.74, 6) is 0.285. The van der Waals surface area contributed by atoms with Crippen molar-refractivity contribution in [3.05, 3.63) is 65.2 Å². The van der Waals surface area contributed by atoms with Crippen LogP contribution in [0.15, 0.2) is 52.9 Å². The SMILES string of the molecule is Cc1cc(C)cc(C(=O)N2CCN(c3nnc(SCC(=O)Nc4ccccc4)s3)CC2)c1. The molecule has 0 spiro atoms. The molecule has 7 nitrogen and oxygen atoms in total. The predicted molar refractivity (Wildman–Crippen MR) is 130 cm³/mol. The molecule has 3 aromatic rings. The molecule has 0 bridgehead atoms. The molecule has 0 unspecified atom stereocenters. The molecule has 2 amide bonds. The van der Waals surface area contributed by atoms with Crippen molar-refractivity contribution in [3.63, 3.8) is 0 Å². The van der Waals surface area contributed by atoms with Crippen LogP contribution in [0.3, 0.4) is 0 Å². The summed E-state index contributed by atoms with van der Waals surface area (Å²) in [6, 6.07) is 15.4. The zero-order valence-electron chi connectivity index (χ0n) is 18.1. The highest BCUT2D eigenvalue weighted by Crippen LogP contribution is 2.29. The topological polar surface area (TPSA) is 78.4 Å². The lowest BCUT2D eigenvalue weighted by molar-refractivity contribution is -0.113. The van der Waals surface area contributed by atoms with Gasteiger partial charge in [0.1, 0.15) is 0 Å². The highest BCUT2D eigenvalue weighted by atomic mass is 32.2. The maximum atomic E-state index is 12.9. The van der Waals surface area contributed by atoms with E-state index in [9.17, 15) is 9.59 Å². The first-order valence-corrected chi connectivity index (χ1v) is 12.2. The number of rotatable bonds is 6. The third kappa shape index (κ3) is 5.66. The summed E-state index contributed by atoms with van der Waals surface area (Å²) in [6.07, 6.45) is 0. The van der Waals surface area contributed by atoms with Crippen LogP contribution >= 0.6 is 23.1 Å². The Morgan fingerprint density at radius 3 is 2.38 bits per heavy atom. The van der Waals surface area contributed by atoms with E-state index >= 15 is 0 Å². The van der Waals surface area contributed by atoms with E-state index in [4.69, 9.17) is 0 Å². The summed E-state index contributed by atoms with van der Waals surface area (Å²) in [5, 5.41) is 12.2. The number of benzene rings is 2. The molecule has 0 atom stereocenters. The number of aromatic nitrogens is 2. The third-order valence-corrected chi connectivity index (χ3v) is 7.20. The molecule has 1 fully saturated rings. The van der Waals surface area contributed by atoms with E-state index in [1.807, 2.05) is 61.2 Å². The highest BCUT2D eigenvalue weighted by Gasteiger charge is 2.24. The van der Waals surface area contributed by atoms with Gasteiger partial charge in [0.15, 0.2) is 4.34 Å². The first kappa shape index (κ1) is 22.3. The normalized spacial score (nSPS) is 13.8. The van der Waals surface area contributed by atoms with E-state index in [2.05, 4.69) is 26.5 Å².